The Morgan fingerprint density at radius 3 is 2.36 bits per heavy atom. The van der Waals surface area contributed by atoms with Gasteiger partial charge in [0, 0.05) is 0 Å². The Morgan fingerprint density at radius 1 is 1.09 bits per heavy atom. The number of rotatable bonds is 1. The van der Waals surface area contributed by atoms with Gasteiger partial charge in [-0.05, 0) is 12.8 Å². The predicted molar refractivity (Wildman–Crippen MR) is 54.4 cm³/mol. The molecule has 0 radical (unpaired) electrons. The van der Waals surface area contributed by atoms with Crippen LogP contribution in [-0.4, -0.2) is 15.5 Å². The van der Waals surface area contributed by atoms with Gasteiger partial charge < -0.3 is 0 Å². The third kappa shape index (κ3) is 2.15. The molecule has 11 heavy (non-hydrogen) atoms. The normalized spacial score (nSPS) is 26.4. The summed E-state index contributed by atoms with van der Waals surface area (Å²) in [6, 6.07) is 0.680. The van der Waals surface area contributed by atoms with Crippen LogP contribution in [0.1, 0.15) is 32.1 Å². The molecular formula is C8H13NS2. The molecule has 0 spiro atoms. The van der Waals surface area contributed by atoms with E-state index in [2.05, 4.69) is 4.99 Å². The molecule has 1 nitrogen and oxygen atoms in total. The van der Waals surface area contributed by atoms with Crippen LogP contribution in [-0.2, 0) is 0 Å². The Hall–Kier alpha value is 0.370. The lowest BCUT2D eigenvalue weighted by atomic mass is 9.96. The molecular weight excluding hydrogens is 174 g/mol. The monoisotopic (exact) mass is 187 g/mol. The zero-order valence-electron chi connectivity index (χ0n) is 6.58. The van der Waals surface area contributed by atoms with E-state index in [0.717, 1.165) is 0 Å². The van der Waals surface area contributed by atoms with Gasteiger partial charge in [0.05, 0.1) is 11.1 Å². The summed E-state index contributed by atoms with van der Waals surface area (Å²) in [6.45, 7) is 0. The van der Waals surface area contributed by atoms with Crippen LogP contribution in [0.3, 0.4) is 0 Å². The molecule has 1 aliphatic carbocycles. The van der Waals surface area contributed by atoms with Crippen molar-refractivity contribution >= 4 is 27.9 Å². The Labute approximate surface area is 76.4 Å². The van der Waals surface area contributed by atoms with Gasteiger partial charge in [-0.15, -0.1) is 0 Å². The third-order valence-corrected chi connectivity index (χ3v) is 4.58. The fraction of sp³-hybridized carbons (Fsp3) is 0.875. The molecule has 0 N–H and O–H groups in total. The maximum atomic E-state index is 4.68. The Morgan fingerprint density at radius 2 is 1.82 bits per heavy atom. The van der Waals surface area contributed by atoms with Crippen LogP contribution in [0.15, 0.2) is 4.99 Å². The molecule has 0 amide bonds. The maximum Gasteiger partial charge on any atom is 0.126 e. The van der Waals surface area contributed by atoms with Crippen LogP contribution in [0.25, 0.3) is 0 Å². The highest BCUT2D eigenvalue weighted by molar-refractivity contribution is 8.52. The predicted octanol–water partition coefficient (Wildman–Crippen LogP) is 3.11. The lowest BCUT2D eigenvalue weighted by Crippen LogP contribution is -2.12. The average Bonchev–Trinajstić information content (AvgIpc) is 1.99. The molecule has 1 saturated heterocycles. The number of thioether (sulfide) groups is 2. The van der Waals surface area contributed by atoms with Crippen molar-refractivity contribution in [3.63, 3.8) is 0 Å². The smallest absolute Gasteiger partial charge is 0.126 e. The first kappa shape index (κ1) is 7.99. The zero-order chi connectivity index (χ0) is 7.52. The van der Waals surface area contributed by atoms with Crippen LogP contribution in [0.5, 0.6) is 0 Å². The minimum atomic E-state index is 0.680. The molecule has 2 fully saturated rings. The van der Waals surface area contributed by atoms with E-state index in [1.165, 1.54) is 41.6 Å². The molecule has 0 aromatic carbocycles. The van der Waals surface area contributed by atoms with Crippen LogP contribution < -0.4 is 0 Å². The van der Waals surface area contributed by atoms with Gasteiger partial charge in [-0.2, -0.15) is 0 Å². The third-order valence-electron chi connectivity index (χ3n) is 2.23. The SMILES string of the molecule is C1CCC(N=C2SCS2)CC1. The molecule has 0 atom stereocenters. The van der Waals surface area contributed by atoms with Gasteiger partial charge in [0.15, 0.2) is 0 Å². The van der Waals surface area contributed by atoms with Crippen molar-refractivity contribution in [2.24, 2.45) is 4.99 Å². The van der Waals surface area contributed by atoms with E-state index in [0.29, 0.717) is 6.04 Å². The molecule has 1 heterocycles. The van der Waals surface area contributed by atoms with Gasteiger partial charge in [0.25, 0.3) is 0 Å². The standard InChI is InChI=1S/C8H13NS2/c1-2-4-7(5-3-1)9-8-10-6-11-8/h7H,1-6H2. The van der Waals surface area contributed by atoms with Crippen molar-refractivity contribution in [3.8, 4) is 0 Å². The van der Waals surface area contributed by atoms with E-state index >= 15 is 0 Å². The van der Waals surface area contributed by atoms with Gasteiger partial charge in [-0.3, -0.25) is 4.99 Å². The van der Waals surface area contributed by atoms with Crippen molar-refractivity contribution in [2.45, 2.75) is 38.1 Å². The van der Waals surface area contributed by atoms with Gasteiger partial charge in [0.1, 0.15) is 4.38 Å². The van der Waals surface area contributed by atoms with Crippen molar-refractivity contribution < 1.29 is 0 Å². The molecule has 1 saturated carbocycles. The first-order chi connectivity index (χ1) is 5.45. The first-order valence-corrected chi connectivity index (χ1v) is 6.26. The summed E-state index contributed by atoms with van der Waals surface area (Å²) in [5.74, 6) is 0. The molecule has 62 valence electrons. The average molecular weight is 187 g/mol. The fourth-order valence-electron chi connectivity index (χ4n) is 1.55. The quantitative estimate of drug-likeness (QED) is 0.625. The van der Waals surface area contributed by atoms with Gasteiger partial charge in [-0.25, -0.2) is 0 Å². The highest BCUT2D eigenvalue weighted by Gasteiger charge is 2.17. The number of hydrogen-bond acceptors (Lipinski definition) is 3. The largest absolute Gasteiger partial charge is 0.268 e. The molecule has 0 aromatic rings. The van der Waals surface area contributed by atoms with E-state index in [-0.39, 0.29) is 0 Å². The van der Waals surface area contributed by atoms with E-state index in [9.17, 15) is 0 Å². The second-order valence-electron chi connectivity index (χ2n) is 3.09. The summed E-state index contributed by atoms with van der Waals surface area (Å²) >= 11 is 3.82. The van der Waals surface area contributed by atoms with Crippen LogP contribution in [0, 0.1) is 0 Å². The minimum Gasteiger partial charge on any atom is -0.268 e. The van der Waals surface area contributed by atoms with E-state index in [1.54, 1.807) is 0 Å². The Bertz CT molecular complexity index is 155. The second-order valence-corrected chi connectivity index (χ2v) is 5.65. The molecule has 0 unspecified atom stereocenters. The molecule has 2 rings (SSSR count). The number of hydrogen-bond donors (Lipinski definition) is 0. The number of nitrogens with zero attached hydrogens (tertiary/aromatic N) is 1. The van der Waals surface area contributed by atoms with Crippen molar-refractivity contribution in [3.05, 3.63) is 0 Å². The second kappa shape index (κ2) is 3.85. The van der Waals surface area contributed by atoms with Gasteiger partial charge in [-0.1, -0.05) is 42.8 Å². The molecule has 0 bridgehead atoms. The van der Waals surface area contributed by atoms with Crippen LogP contribution in [0.4, 0.5) is 0 Å². The summed E-state index contributed by atoms with van der Waals surface area (Å²) in [5, 5.41) is 1.23. The van der Waals surface area contributed by atoms with Gasteiger partial charge in [0.2, 0.25) is 0 Å². The summed E-state index contributed by atoms with van der Waals surface area (Å²) in [5.41, 5.74) is 0. The summed E-state index contributed by atoms with van der Waals surface area (Å²) in [6.07, 6.45) is 6.91. The van der Waals surface area contributed by atoms with Crippen molar-refractivity contribution in [1.29, 1.82) is 0 Å². The summed E-state index contributed by atoms with van der Waals surface area (Å²) < 4.78 is 1.34. The Kier molecular flexibility index (Phi) is 2.80. The van der Waals surface area contributed by atoms with Crippen molar-refractivity contribution in [2.75, 3.05) is 5.08 Å². The highest BCUT2D eigenvalue weighted by Crippen LogP contribution is 2.34. The van der Waals surface area contributed by atoms with Crippen molar-refractivity contribution in [1.82, 2.24) is 0 Å². The minimum absolute atomic E-state index is 0.680. The molecule has 3 heteroatoms. The van der Waals surface area contributed by atoms with Crippen LogP contribution >= 0.6 is 23.5 Å². The topological polar surface area (TPSA) is 12.4 Å². The maximum absolute atomic E-state index is 4.68. The molecule has 1 aliphatic heterocycles. The summed E-state index contributed by atoms with van der Waals surface area (Å²) in [4.78, 5) is 4.68. The van der Waals surface area contributed by atoms with E-state index in [4.69, 9.17) is 0 Å². The van der Waals surface area contributed by atoms with E-state index in [1.807, 2.05) is 23.5 Å². The highest BCUT2D eigenvalue weighted by atomic mass is 32.3. The van der Waals surface area contributed by atoms with E-state index < -0.39 is 0 Å². The summed E-state index contributed by atoms with van der Waals surface area (Å²) in [7, 11) is 0. The lowest BCUT2D eigenvalue weighted by molar-refractivity contribution is 0.444. The van der Waals surface area contributed by atoms with Gasteiger partial charge >= 0.3 is 0 Å². The lowest BCUT2D eigenvalue weighted by Gasteiger charge is -2.21. The zero-order valence-corrected chi connectivity index (χ0v) is 8.22. The number of aliphatic imine (C=N–C) groups is 1. The molecule has 2 aliphatic rings. The molecule has 0 aromatic heterocycles. The van der Waals surface area contributed by atoms with Crippen LogP contribution in [0.2, 0.25) is 0 Å². The fourth-order valence-corrected chi connectivity index (χ4v) is 2.89. The Balaban J connectivity index is 1.83. The first-order valence-electron chi connectivity index (χ1n) is 4.28.